The van der Waals surface area contributed by atoms with Gasteiger partial charge in [-0.2, -0.15) is 0 Å². The molecule has 88 valence electrons. The molecule has 0 spiro atoms. The molecule has 4 nitrogen and oxygen atoms in total. The smallest absolute Gasteiger partial charge is 0.289 e. The molecule has 17 heavy (non-hydrogen) atoms. The van der Waals surface area contributed by atoms with Crippen LogP contribution in [-0.2, 0) is 0 Å². The molecule has 0 unspecified atom stereocenters. The summed E-state index contributed by atoms with van der Waals surface area (Å²) in [6, 6.07) is 8.75. The predicted molar refractivity (Wildman–Crippen MR) is 66.9 cm³/mol. The highest BCUT2D eigenvalue weighted by molar-refractivity contribution is 6.32. The molecule has 0 aliphatic heterocycles. The molecule has 0 aliphatic rings. The van der Waals surface area contributed by atoms with Crippen LogP contribution < -0.4 is 0 Å². The van der Waals surface area contributed by atoms with Gasteiger partial charge in [-0.05, 0) is 38.1 Å². The fourth-order valence-corrected chi connectivity index (χ4v) is 2.04. The summed E-state index contributed by atoms with van der Waals surface area (Å²) in [5, 5.41) is 11.0. The Morgan fingerprint density at radius 2 is 1.76 bits per heavy atom. The van der Waals surface area contributed by atoms with Gasteiger partial charge in [-0.1, -0.05) is 11.6 Å². The number of aromatic nitrogens is 1. The van der Waals surface area contributed by atoms with Crippen LogP contribution in [0, 0.1) is 24.0 Å². The van der Waals surface area contributed by atoms with Crippen molar-refractivity contribution in [3.8, 4) is 5.69 Å². The van der Waals surface area contributed by atoms with Crippen molar-refractivity contribution in [2.24, 2.45) is 0 Å². The molecule has 0 fully saturated rings. The van der Waals surface area contributed by atoms with E-state index in [0.29, 0.717) is 0 Å². The van der Waals surface area contributed by atoms with Crippen LogP contribution in [0.4, 0.5) is 5.69 Å². The van der Waals surface area contributed by atoms with Gasteiger partial charge >= 0.3 is 0 Å². The molecule has 0 saturated heterocycles. The van der Waals surface area contributed by atoms with Gasteiger partial charge in [0, 0.05) is 17.5 Å². The summed E-state index contributed by atoms with van der Waals surface area (Å²) in [6.45, 7) is 3.90. The second-order valence-corrected chi connectivity index (χ2v) is 4.25. The van der Waals surface area contributed by atoms with E-state index in [0.717, 1.165) is 17.1 Å². The van der Waals surface area contributed by atoms with Crippen molar-refractivity contribution < 1.29 is 4.92 Å². The Hall–Kier alpha value is -1.81. The minimum Gasteiger partial charge on any atom is -0.318 e. The molecule has 0 atom stereocenters. The van der Waals surface area contributed by atoms with Crippen LogP contribution in [0.25, 0.3) is 5.69 Å². The number of aryl methyl sites for hydroxylation is 2. The molecule has 0 aliphatic carbocycles. The molecule has 0 bridgehead atoms. The topological polar surface area (TPSA) is 48.1 Å². The molecule has 0 saturated carbocycles. The van der Waals surface area contributed by atoms with Crippen LogP contribution in [-0.4, -0.2) is 9.49 Å². The molecule has 2 aromatic rings. The zero-order chi connectivity index (χ0) is 12.6. The first-order valence-corrected chi connectivity index (χ1v) is 5.48. The van der Waals surface area contributed by atoms with Gasteiger partial charge < -0.3 is 4.57 Å². The number of hydrogen-bond acceptors (Lipinski definition) is 2. The van der Waals surface area contributed by atoms with Crippen LogP contribution in [0.1, 0.15) is 11.4 Å². The van der Waals surface area contributed by atoms with Crippen molar-refractivity contribution in [3.05, 3.63) is 56.9 Å². The van der Waals surface area contributed by atoms with E-state index in [-0.39, 0.29) is 10.7 Å². The summed E-state index contributed by atoms with van der Waals surface area (Å²) in [4.78, 5) is 10.4. The van der Waals surface area contributed by atoms with Gasteiger partial charge in [-0.3, -0.25) is 10.1 Å². The minimum absolute atomic E-state index is 0.0725. The lowest BCUT2D eigenvalue weighted by molar-refractivity contribution is -0.384. The Morgan fingerprint density at radius 3 is 2.29 bits per heavy atom. The number of nitro groups is 1. The largest absolute Gasteiger partial charge is 0.318 e. The summed E-state index contributed by atoms with van der Waals surface area (Å²) in [7, 11) is 0. The van der Waals surface area contributed by atoms with E-state index >= 15 is 0 Å². The van der Waals surface area contributed by atoms with E-state index in [4.69, 9.17) is 11.6 Å². The quantitative estimate of drug-likeness (QED) is 0.603. The first kappa shape index (κ1) is 11.7. The maximum Gasteiger partial charge on any atom is 0.289 e. The third kappa shape index (κ3) is 2.03. The van der Waals surface area contributed by atoms with Gasteiger partial charge in [0.25, 0.3) is 5.69 Å². The fraction of sp³-hybridized carbons (Fsp3) is 0.167. The van der Waals surface area contributed by atoms with E-state index in [1.807, 2.05) is 30.5 Å². The van der Waals surface area contributed by atoms with Crippen LogP contribution in [0.2, 0.25) is 5.02 Å². The van der Waals surface area contributed by atoms with E-state index in [1.165, 1.54) is 6.07 Å². The van der Waals surface area contributed by atoms with Gasteiger partial charge in [-0.15, -0.1) is 0 Å². The SMILES string of the molecule is Cc1ccc(C)n1-c1ccc(Cl)c([N+](=O)[O-])c1. The maximum atomic E-state index is 10.8. The molecule has 1 heterocycles. The van der Waals surface area contributed by atoms with Crippen molar-refractivity contribution in [3.63, 3.8) is 0 Å². The molecule has 1 aromatic heterocycles. The summed E-state index contributed by atoms with van der Waals surface area (Å²) in [5.74, 6) is 0. The van der Waals surface area contributed by atoms with Gasteiger partial charge in [-0.25, -0.2) is 0 Å². The molecule has 0 N–H and O–H groups in total. The number of halogens is 1. The molecule has 2 rings (SSSR count). The Balaban J connectivity index is 2.62. The molecule has 5 heteroatoms. The Morgan fingerprint density at radius 1 is 1.18 bits per heavy atom. The van der Waals surface area contributed by atoms with Crippen LogP contribution in [0.3, 0.4) is 0 Å². The first-order valence-electron chi connectivity index (χ1n) is 5.10. The minimum atomic E-state index is -0.472. The summed E-state index contributed by atoms with van der Waals surface area (Å²) in [6.07, 6.45) is 0. The Kier molecular flexibility index (Phi) is 2.90. The van der Waals surface area contributed by atoms with Crippen LogP contribution in [0.15, 0.2) is 30.3 Å². The molecular formula is C12H11ClN2O2. The average Bonchev–Trinajstić information content (AvgIpc) is 2.59. The second-order valence-electron chi connectivity index (χ2n) is 3.84. The number of benzene rings is 1. The highest BCUT2D eigenvalue weighted by atomic mass is 35.5. The number of hydrogen-bond donors (Lipinski definition) is 0. The van der Waals surface area contributed by atoms with Gasteiger partial charge in [0.1, 0.15) is 5.02 Å². The highest BCUT2D eigenvalue weighted by Gasteiger charge is 2.14. The Labute approximate surface area is 104 Å². The summed E-state index contributed by atoms with van der Waals surface area (Å²) < 4.78 is 1.95. The van der Waals surface area contributed by atoms with Crippen molar-refractivity contribution in [2.45, 2.75) is 13.8 Å². The van der Waals surface area contributed by atoms with Crippen LogP contribution >= 0.6 is 11.6 Å². The number of nitro benzene ring substituents is 1. The third-order valence-electron chi connectivity index (χ3n) is 2.66. The zero-order valence-electron chi connectivity index (χ0n) is 9.48. The third-order valence-corrected chi connectivity index (χ3v) is 2.98. The van der Waals surface area contributed by atoms with Crippen molar-refractivity contribution in [1.82, 2.24) is 4.57 Å². The summed E-state index contributed by atoms with van der Waals surface area (Å²) >= 11 is 5.78. The van der Waals surface area contributed by atoms with Crippen LogP contribution in [0.5, 0.6) is 0 Å². The normalized spacial score (nSPS) is 10.5. The maximum absolute atomic E-state index is 10.8. The zero-order valence-corrected chi connectivity index (χ0v) is 10.2. The molecule has 0 radical (unpaired) electrons. The van der Waals surface area contributed by atoms with Gasteiger partial charge in [0.2, 0.25) is 0 Å². The lowest BCUT2D eigenvalue weighted by Gasteiger charge is -2.09. The standard InChI is InChI=1S/C12H11ClN2O2/c1-8-3-4-9(2)14(8)10-5-6-11(13)12(7-10)15(16)17/h3-7H,1-2H3. The van der Waals surface area contributed by atoms with E-state index in [1.54, 1.807) is 12.1 Å². The number of nitrogens with zero attached hydrogens (tertiary/aromatic N) is 2. The monoisotopic (exact) mass is 250 g/mol. The molecule has 1 aromatic carbocycles. The predicted octanol–water partition coefficient (Wildman–Crippen LogP) is 3.66. The summed E-state index contributed by atoms with van der Waals surface area (Å²) in [5.41, 5.74) is 2.73. The lowest BCUT2D eigenvalue weighted by atomic mass is 10.2. The fourth-order valence-electron chi connectivity index (χ4n) is 1.86. The highest BCUT2D eigenvalue weighted by Crippen LogP contribution is 2.28. The van der Waals surface area contributed by atoms with Crippen molar-refractivity contribution in [2.75, 3.05) is 0 Å². The second kappa shape index (κ2) is 4.22. The van der Waals surface area contributed by atoms with Gasteiger partial charge in [0.15, 0.2) is 0 Å². The average molecular weight is 251 g/mol. The van der Waals surface area contributed by atoms with Crippen molar-refractivity contribution >= 4 is 17.3 Å². The Bertz CT molecular complexity index is 571. The van der Waals surface area contributed by atoms with E-state index < -0.39 is 4.92 Å². The number of rotatable bonds is 2. The molecular weight excluding hydrogens is 240 g/mol. The molecule has 0 amide bonds. The van der Waals surface area contributed by atoms with Crippen molar-refractivity contribution in [1.29, 1.82) is 0 Å². The lowest BCUT2D eigenvalue weighted by Crippen LogP contribution is -2.00. The first-order chi connectivity index (χ1) is 8.00. The van der Waals surface area contributed by atoms with E-state index in [2.05, 4.69) is 0 Å². The van der Waals surface area contributed by atoms with E-state index in [9.17, 15) is 10.1 Å². The van der Waals surface area contributed by atoms with Gasteiger partial charge in [0.05, 0.1) is 10.6 Å².